The Morgan fingerprint density at radius 3 is 3.00 bits per heavy atom. The van der Waals surface area contributed by atoms with Gasteiger partial charge in [-0.05, 0) is 24.5 Å². The fourth-order valence-corrected chi connectivity index (χ4v) is 3.18. The number of nitrogen functional groups attached to an aromatic ring is 1. The number of nitrogens with zero attached hydrogens (tertiary/aromatic N) is 2. The molecule has 0 amide bonds. The van der Waals surface area contributed by atoms with E-state index in [4.69, 9.17) is 5.73 Å². The van der Waals surface area contributed by atoms with E-state index in [1.54, 1.807) is 11.3 Å². The molecule has 1 aliphatic rings. The molecule has 0 saturated heterocycles. The highest BCUT2D eigenvalue weighted by Gasteiger charge is 2.21. The molecule has 0 fully saturated rings. The number of hydrogen-bond donors (Lipinski definition) is 1. The molecular formula is C13H16ClN3S. The van der Waals surface area contributed by atoms with Crippen LogP contribution in [0.15, 0.2) is 24.4 Å². The summed E-state index contributed by atoms with van der Waals surface area (Å²) in [5, 5.41) is 0.657. The molecule has 5 heteroatoms. The number of halogens is 1. The second-order valence-electron chi connectivity index (χ2n) is 4.42. The molecule has 2 N–H and O–H groups in total. The first-order valence-corrected chi connectivity index (χ1v) is 6.59. The molecule has 0 unspecified atom stereocenters. The van der Waals surface area contributed by atoms with Crippen LogP contribution in [0.2, 0.25) is 0 Å². The number of aryl methyl sites for hydroxylation is 1. The third-order valence-electron chi connectivity index (χ3n) is 3.21. The van der Waals surface area contributed by atoms with Crippen LogP contribution in [0, 0.1) is 6.92 Å². The number of anilines is 2. The number of benzene rings is 1. The normalized spacial score (nSPS) is 13.3. The van der Waals surface area contributed by atoms with Gasteiger partial charge in [0.15, 0.2) is 5.13 Å². The lowest BCUT2D eigenvalue weighted by molar-refractivity contribution is 0.842. The minimum Gasteiger partial charge on any atom is -0.375 e. The van der Waals surface area contributed by atoms with Crippen molar-refractivity contribution in [1.29, 1.82) is 0 Å². The summed E-state index contributed by atoms with van der Waals surface area (Å²) >= 11 is 1.58. The molecule has 0 bridgehead atoms. The van der Waals surface area contributed by atoms with E-state index in [0.29, 0.717) is 5.13 Å². The summed E-state index contributed by atoms with van der Waals surface area (Å²) in [6.07, 6.45) is 3.03. The lowest BCUT2D eigenvalue weighted by Crippen LogP contribution is -2.19. The molecule has 0 spiro atoms. The molecule has 1 aliphatic heterocycles. The Hall–Kier alpha value is -1.26. The second kappa shape index (κ2) is 5.16. The topological polar surface area (TPSA) is 42.2 Å². The minimum absolute atomic E-state index is 0. The van der Waals surface area contributed by atoms with Gasteiger partial charge in [-0.1, -0.05) is 18.2 Å². The number of para-hydroxylation sites is 1. The molecule has 0 saturated carbocycles. The Morgan fingerprint density at radius 2 is 2.28 bits per heavy atom. The molecular weight excluding hydrogens is 266 g/mol. The van der Waals surface area contributed by atoms with Crippen LogP contribution in [-0.4, -0.2) is 11.5 Å². The second-order valence-corrected chi connectivity index (χ2v) is 5.57. The molecule has 3 nitrogen and oxygen atoms in total. The van der Waals surface area contributed by atoms with Crippen molar-refractivity contribution in [2.45, 2.75) is 19.9 Å². The van der Waals surface area contributed by atoms with Crippen molar-refractivity contribution in [3.8, 4) is 0 Å². The SMILES string of the molecule is Cc1cccc2c1N(Cc1cnc(N)s1)CC2.Cl. The number of hydrogen-bond acceptors (Lipinski definition) is 4. The van der Waals surface area contributed by atoms with Crippen LogP contribution in [0.4, 0.5) is 10.8 Å². The number of fused-ring (bicyclic) bond motifs is 1. The average Bonchev–Trinajstić information content (AvgIpc) is 2.88. The van der Waals surface area contributed by atoms with Crippen LogP contribution in [0.25, 0.3) is 0 Å². The molecule has 0 atom stereocenters. The summed E-state index contributed by atoms with van der Waals surface area (Å²) in [6, 6.07) is 6.55. The largest absolute Gasteiger partial charge is 0.375 e. The van der Waals surface area contributed by atoms with Crippen molar-refractivity contribution in [1.82, 2.24) is 4.98 Å². The quantitative estimate of drug-likeness (QED) is 0.920. The Bertz CT molecular complexity index is 553. The van der Waals surface area contributed by atoms with Gasteiger partial charge in [0, 0.05) is 23.3 Å². The first-order chi connectivity index (χ1) is 8.24. The average molecular weight is 282 g/mol. The summed E-state index contributed by atoms with van der Waals surface area (Å²) in [6.45, 7) is 4.20. The zero-order valence-corrected chi connectivity index (χ0v) is 11.9. The van der Waals surface area contributed by atoms with Gasteiger partial charge in [-0.25, -0.2) is 4.98 Å². The fourth-order valence-electron chi connectivity index (χ4n) is 2.48. The van der Waals surface area contributed by atoms with Crippen molar-refractivity contribution in [2.75, 3.05) is 17.2 Å². The predicted octanol–water partition coefficient (Wildman–Crippen LogP) is 3.02. The molecule has 3 rings (SSSR count). The third kappa shape index (κ3) is 2.31. The molecule has 96 valence electrons. The van der Waals surface area contributed by atoms with Gasteiger partial charge in [-0.15, -0.1) is 23.7 Å². The van der Waals surface area contributed by atoms with E-state index in [2.05, 4.69) is 35.0 Å². The Balaban J connectivity index is 0.00000120. The maximum atomic E-state index is 5.67. The van der Waals surface area contributed by atoms with Crippen LogP contribution in [0.5, 0.6) is 0 Å². The lowest BCUT2D eigenvalue weighted by Gasteiger charge is -2.20. The summed E-state index contributed by atoms with van der Waals surface area (Å²) in [4.78, 5) is 7.77. The van der Waals surface area contributed by atoms with Crippen molar-refractivity contribution < 1.29 is 0 Å². The lowest BCUT2D eigenvalue weighted by atomic mass is 10.1. The van der Waals surface area contributed by atoms with Gasteiger partial charge < -0.3 is 10.6 Å². The van der Waals surface area contributed by atoms with E-state index in [-0.39, 0.29) is 12.4 Å². The summed E-state index contributed by atoms with van der Waals surface area (Å²) < 4.78 is 0. The molecule has 0 radical (unpaired) electrons. The number of thiazole rings is 1. The van der Waals surface area contributed by atoms with Gasteiger partial charge in [0.2, 0.25) is 0 Å². The van der Waals surface area contributed by atoms with E-state index in [1.165, 1.54) is 21.7 Å². The molecule has 18 heavy (non-hydrogen) atoms. The van der Waals surface area contributed by atoms with Crippen LogP contribution >= 0.6 is 23.7 Å². The molecule has 1 aromatic carbocycles. The fraction of sp³-hybridized carbons (Fsp3) is 0.308. The van der Waals surface area contributed by atoms with Crippen molar-refractivity contribution in [2.24, 2.45) is 0 Å². The minimum atomic E-state index is 0. The maximum Gasteiger partial charge on any atom is 0.180 e. The monoisotopic (exact) mass is 281 g/mol. The number of nitrogens with two attached hydrogens (primary N) is 1. The van der Waals surface area contributed by atoms with Crippen molar-refractivity contribution >= 4 is 34.6 Å². The third-order valence-corrected chi connectivity index (χ3v) is 4.02. The highest BCUT2D eigenvalue weighted by atomic mass is 35.5. The predicted molar refractivity (Wildman–Crippen MR) is 79.7 cm³/mol. The van der Waals surface area contributed by atoms with Gasteiger partial charge in [-0.2, -0.15) is 0 Å². The zero-order chi connectivity index (χ0) is 11.8. The molecule has 1 aromatic heterocycles. The highest BCUT2D eigenvalue weighted by molar-refractivity contribution is 7.15. The molecule has 2 aromatic rings. The Kier molecular flexibility index (Phi) is 3.78. The van der Waals surface area contributed by atoms with Gasteiger partial charge in [0.05, 0.1) is 6.54 Å². The molecule has 0 aliphatic carbocycles. The Labute approximate surface area is 117 Å². The van der Waals surface area contributed by atoms with Crippen LogP contribution < -0.4 is 10.6 Å². The molecule has 2 heterocycles. The summed E-state index contributed by atoms with van der Waals surface area (Å²) in [5.74, 6) is 0. The van der Waals surface area contributed by atoms with E-state index < -0.39 is 0 Å². The highest BCUT2D eigenvalue weighted by Crippen LogP contribution is 2.33. The van der Waals surface area contributed by atoms with Crippen molar-refractivity contribution in [3.63, 3.8) is 0 Å². The van der Waals surface area contributed by atoms with Gasteiger partial charge in [0.25, 0.3) is 0 Å². The van der Waals surface area contributed by atoms with Gasteiger partial charge in [0.1, 0.15) is 0 Å². The summed E-state index contributed by atoms with van der Waals surface area (Å²) in [5.41, 5.74) is 9.89. The summed E-state index contributed by atoms with van der Waals surface area (Å²) in [7, 11) is 0. The van der Waals surface area contributed by atoms with E-state index >= 15 is 0 Å². The maximum absolute atomic E-state index is 5.67. The standard InChI is InChI=1S/C13H15N3S.ClH/c1-9-3-2-4-10-5-6-16(12(9)10)8-11-7-15-13(14)17-11;/h2-4,7H,5-6,8H2,1H3,(H2,14,15);1H. The van der Waals surface area contributed by atoms with Crippen molar-refractivity contribution in [3.05, 3.63) is 40.4 Å². The first kappa shape index (κ1) is 13.2. The number of aromatic nitrogens is 1. The van der Waals surface area contributed by atoms with E-state index in [0.717, 1.165) is 19.5 Å². The first-order valence-electron chi connectivity index (χ1n) is 5.77. The number of rotatable bonds is 2. The van der Waals surface area contributed by atoms with Crippen LogP contribution in [0.3, 0.4) is 0 Å². The van der Waals surface area contributed by atoms with Crippen LogP contribution in [0.1, 0.15) is 16.0 Å². The smallest absolute Gasteiger partial charge is 0.180 e. The zero-order valence-electron chi connectivity index (χ0n) is 10.2. The van der Waals surface area contributed by atoms with E-state index in [9.17, 15) is 0 Å². The van der Waals surface area contributed by atoms with E-state index in [1.807, 2.05) is 6.20 Å². The van der Waals surface area contributed by atoms with Gasteiger partial charge in [-0.3, -0.25) is 0 Å². The van der Waals surface area contributed by atoms with Gasteiger partial charge >= 0.3 is 0 Å². The Morgan fingerprint density at radius 1 is 1.44 bits per heavy atom. The van der Waals surface area contributed by atoms with Crippen LogP contribution in [-0.2, 0) is 13.0 Å².